The van der Waals surface area contributed by atoms with Crippen LogP contribution < -0.4 is 5.32 Å². The molecular weight excluding hydrogens is 262 g/mol. The molecule has 110 valence electrons. The number of hydrogen-bond donors (Lipinski definition) is 1. The Morgan fingerprint density at radius 1 is 1.11 bits per heavy atom. The van der Waals surface area contributed by atoms with Gasteiger partial charge in [-0.1, -0.05) is 12.8 Å². The zero-order valence-corrected chi connectivity index (χ0v) is 12.4. The largest absolute Gasteiger partial charge is 0.370 e. The van der Waals surface area contributed by atoms with Crippen LogP contribution in [0.4, 0.5) is 0 Å². The zero-order chi connectivity index (χ0) is 13.3. The van der Waals surface area contributed by atoms with E-state index in [1.807, 2.05) is 0 Å². The summed E-state index contributed by atoms with van der Waals surface area (Å²) in [6.07, 6.45) is 8.67. The number of hydrogen-bond acceptors (Lipinski definition) is 4. The van der Waals surface area contributed by atoms with Gasteiger partial charge < -0.3 is 10.1 Å². The monoisotopic (exact) mass is 287 g/mol. The van der Waals surface area contributed by atoms with Gasteiger partial charge in [-0.2, -0.15) is 0 Å². The Labute approximate surface area is 116 Å². The minimum atomic E-state index is -2.73. The van der Waals surface area contributed by atoms with E-state index in [4.69, 9.17) is 4.74 Å². The first-order valence-electron chi connectivity index (χ1n) is 7.66. The molecule has 1 N–H and O–H groups in total. The van der Waals surface area contributed by atoms with Crippen molar-refractivity contribution in [1.82, 2.24) is 5.32 Å². The summed E-state index contributed by atoms with van der Waals surface area (Å²) in [4.78, 5) is 0. The van der Waals surface area contributed by atoms with E-state index in [0.717, 1.165) is 25.9 Å². The summed E-state index contributed by atoms with van der Waals surface area (Å²) in [5.41, 5.74) is 0.211. The molecule has 2 unspecified atom stereocenters. The van der Waals surface area contributed by atoms with Crippen molar-refractivity contribution in [1.29, 1.82) is 0 Å². The van der Waals surface area contributed by atoms with Crippen molar-refractivity contribution in [3.8, 4) is 0 Å². The molecule has 0 aromatic rings. The zero-order valence-electron chi connectivity index (χ0n) is 11.6. The van der Waals surface area contributed by atoms with E-state index in [2.05, 4.69) is 5.32 Å². The SMILES string of the molecule is O=S1(=O)CCC(CNCC2CCC3(CCCC3)O2)C1. The minimum Gasteiger partial charge on any atom is -0.370 e. The third-order valence-corrected chi connectivity index (χ3v) is 6.82. The first kappa shape index (κ1) is 13.8. The molecule has 0 amide bonds. The van der Waals surface area contributed by atoms with E-state index >= 15 is 0 Å². The van der Waals surface area contributed by atoms with Gasteiger partial charge in [0.1, 0.15) is 0 Å². The summed E-state index contributed by atoms with van der Waals surface area (Å²) >= 11 is 0. The summed E-state index contributed by atoms with van der Waals surface area (Å²) in [7, 11) is -2.73. The molecule has 1 aliphatic carbocycles. The van der Waals surface area contributed by atoms with Gasteiger partial charge in [-0.05, 0) is 44.6 Å². The van der Waals surface area contributed by atoms with Gasteiger partial charge in [0.2, 0.25) is 0 Å². The van der Waals surface area contributed by atoms with E-state index in [9.17, 15) is 8.42 Å². The maximum atomic E-state index is 11.4. The smallest absolute Gasteiger partial charge is 0.150 e. The minimum absolute atomic E-state index is 0.211. The molecule has 3 fully saturated rings. The van der Waals surface area contributed by atoms with Crippen molar-refractivity contribution in [2.75, 3.05) is 24.6 Å². The van der Waals surface area contributed by atoms with E-state index in [1.165, 1.54) is 32.1 Å². The fraction of sp³-hybridized carbons (Fsp3) is 1.00. The quantitative estimate of drug-likeness (QED) is 0.851. The lowest BCUT2D eigenvalue weighted by Gasteiger charge is -2.24. The van der Waals surface area contributed by atoms with Crippen LogP contribution in [0.15, 0.2) is 0 Å². The van der Waals surface area contributed by atoms with Crippen LogP contribution in [0.5, 0.6) is 0 Å². The predicted molar refractivity (Wildman–Crippen MR) is 74.9 cm³/mol. The third-order valence-electron chi connectivity index (χ3n) is 4.99. The topological polar surface area (TPSA) is 55.4 Å². The fourth-order valence-electron chi connectivity index (χ4n) is 3.91. The highest BCUT2D eigenvalue weighted by Gasteiger charge is 2.41. The molecule has 2 saturated heterocycles. The number of sulfone groups is 1. The molecule has 0 aromatic heterocycles. The number of nitrogens with one attached hydrogen (secondary N) is 1. The van der Waals surface area contributed by atoms with Gasteiger partial charge in [-0.3, -0.25) is 0 Å². The molecule has 2 heterocycles. The molecule has 4 nitrogen and oxygen atoms in total. The van der Waals surface area contributed by atoms with Crippen LogP contribution in [0.1, 0.15) is 44.9 Å². The highest BCUT2D eigenvalue weighted by Crippen LogP contribution is 2.43. The van der Waals surface area contributed by atoms with E-state index in [-0.39, 0.29) is 5.60 Å². The van der Waals surface area contributed by atoms with Gasteiger partial charge in [0.05, 0.1) is 23.2 Å². The van der Waals surface area contributed by atoms with Crippen LogP contribution in [0.3, 0.4) is 0 Å². The lowest BCUT2D eigenvalue weighted by Crippen LogP contribution is -2.33. The van der Waals surface area contributed by atoms with Crippen molar-refractivity contribution in [2.24, 2.45) is 5.92 Å². The van der Waals surface area contributed by atoms with Crippen molar-refractivity contribution >= 4 is 9.84 Å². The van der Waals surface area contributed by atoms with Crippen molar-refractivity contribution in [2.45, 2.75) is 56.7 Å². The summed E-state index contributed by atoms with van der Waals surface area (Å²) in [5, 5.41) is 3.42. The molecule has 1 spiro atoms. The van der Waals surface area contributed by atoms with Crippen LogP contribution in [0, 0.1) is 5.92 Å². The van der Waals surface area contributed by atoms with Gasteiger partial charge in [-0.25, -0.2) is 8.42 Å². The standard InChI is InChI=1S/C14H25NO3S/c16-19(17)8-4-12(11-19)9-15-10-13-3-7-14(18-13)5-1-2-6-14/h12-13,15H,1-11H2. The molecule has 0 radical (unpaired) electrons. The van der Waals surface area contributed by atoms with Crippen LogP contribution >= 0.6 is 0 Å². The Morgan fingerprint density at radius 3 is 2.58 bits per heavy atom. The Hall–Kier alpha value is -0.130. The van der Waals surface area contributed by atoms with Gasteiger partial charge >= 0.3 is 0 Å². The third kappa shape index (κ3) is 3.31. The second-order valence-corrected chi connectivity index (χ2v) is 8.82. The van der Waals surface area contributed by atoms with Crippen molar-refractivity contribution < 1.29 is 13.2 Å². The van der Waals surface area contributed by atoms with Crippen molar-refractivity contribution in [3.05, 3.63) is 0 Å². The van der Waals surface area contributed by atoms with Crippen LogP contribution in [0.2, 0.25) is 0 Å². The Kier molecular flexibility index (Phi) is 3.89. The number of ether oxygens (including phenoxy) is 1. The van der Waals surface area contributed by atoms with Gasteiger partial charge in [-0.15, -0.1) is 0 Å². The van der Waals surface area contributed by atoms with E-state index < -0.39 is 9.84 Å². The normalized spacial score (nSPS) is 36.2. The fourth-order valence-corrected chi connectivity index (χ4v) is 5.77. The van der Waals surface area contributed by atoms with E-state index in [0.29, 0.717) is 23.5 Å². The van der Waals surface area contributed by atoms with Gasteiger partial charge in [0.25, 0.3) is 0 Å². The number of rotatable bonds is 4. The molecule has 2 atom stereocenters. The summed E-state index contributed by atoms with van der Waals surface area (Å²) < 4.78 is 29.0. The summed E-state index contributed by atoms with van der Waals surface area (Å²) in [6.45, 7) is 1.71. The second kappa shape index (κ2) is 5.34. The molecule has 19 heavy (non-hydrogen) atoms. The highest BCUT2D eigenvalue weighted by atomic mass is 32.2. The molecule has 2 aliphatic heterocycles. The first-order chi connectivity index (χ1) is 9.07. The maximum absolute atomic E-state index is 11.4. The average molecular weight is 287 g/mol. The van der Waals surface area contributed by atoms with E-state index in [1.54, 1.807) is 0 Å². The van der Waals surface area contributed by atoms with Gasteiger partial charge in [0.15, 0.2) is 9.84 Å². The van der Waals surface area contributed by atoms with Crippen molar-refractivity contribution in [3.63, 3.8) is 0 Å². The molecule has 3 aliphatic rings. The average Bonchev–Trinajstić information content (AvgIpc) is 3.04. The van der Waals surface area contributed by atoms with Crippen LogP contribution in [-0.4, -0.2) is 44.7 Å². The highest BCUT2D eigenvalue weighted by molar-refractivity contribution is 7.91. The molecule has 0 bridgehead atoms. The Bertz CT molecular complexity index is 414. The molecular formula is C14H25NO3S. The summed E-state index contributed by atoms with van der Waals surface area (Å²) in [6, 6.07) is 0. The molecule has 3 rings (SSSR count). The Morgan fingerprint density at radius 2 is 1.89 bits per heavy atom. The molecule has 0 aromatic carbocycles. The van der Waals surface area contributed by atoms with Gasteiger partial charge in [0, 0.05) is 6.54 Å². The van der Waals surface area contributed by atoms with Crippen LogP contribution in [0.25, 0.3) is 0 Å². The maximum Gasteiger partial charge on any atom is 0.150 e. The molecule has 1 saturated carbocycles. The van der Waals surface area contributed by atoms with Crippen LogP contribution in [-0.2, 0) is 14.6 Å². The lowest BCUT2D eigenvalue weighted by molar-refractivity contribution is -0.0352. The predicted octanol–water partition coefficient (Wildman–Crippen LogP) is 1.50. The Balaban J connectivity index is 1.37. The first-order valence-corrected chi connectivity index (χ1v) is 9.48. The molecule has 5 heteroatoms. The summed E-state index contributed by atoms with van der Waals surface area (Å²) in [5.74, 6) is 1.06. The second-order valence-electron chi connectivity index (χ2n) is 6.60. The lowest BCUT2D eigenvalue weighted by atomic mass is 9.98.